The Bertz CT molecular complexity index is 638. The van der Waals surface area contributed by atoms with E-state index in [2.05, 4.69) is 10.6 Å². The molecule has 1 heterocycles. The van der Waals surface area contributed by atoms with E-state index < -0.39 is 11.6 Å². The Morgan fingerprint density at radius 2 is 2.05 bits per heavy atom. The molecule has 5 nitrogen and oxygen atoms in total. The molecule has 2 amide bonds. The van der Waals surface area contributed by atoms with Gasteiger partial charge in [0.1, 0.15) is 17.2 Å². The highest BCUT2D eigenvalue weighted by atomic mass is 19.1. The average molecular weight is 304 g/mol. The summed E-state index contributed by atoms with van der Waals surface area (Å²) in [5.41, 5.74) is -0.712. The molecule has 0 spiro atoms. The molecule has 116 valence electrons. The molecule has 1 aliphatic carbocycles. The van der Waals surface area contributed by atoms with Crippen molar-refractivity contribution >= 4 is 11.7 Å². The molecule has 0 bridgehead atoms. The Kier molecular flexibility index (Phi) is 3.85. The molecule has 3 rings (SSSR count). The van der Waals surface area contributed by atoms with Crippen LogP contribution in [0.1, 0.15) is 18.6 Å². The summed E-state index contributed by atoms with van der Waals surface area (Å²) in [6.45, 7) is 0.0538. The summed E-state index contributed by atoms with van der Waals surface area (Å²) in [5, 5.41) is 16.0. The number of benzene rings is 1. The van der Waals surface area contributed by atoms with Crippen LogP contribution in [0.5, 0.6) is 0 Å². The Hall–Kier alpha value is -2.34. The van der Waals surface area contributed by atoms with Crippen LogP contribution in [0.25, 0.3) is 0 Å². The molecule has 0 radical (unpaired) electrons. The molecular formula is C16H17FN2O3. The van der Waals surface area contributed by atoms with Crippen molar-refractivity contribution in [3.63, 3.8) is 0 Å². The summed E-state index contributed by atoms with van der Waals surface area (Å²) >= 11 is 0. The topological polar surface area (TPSA) is 74.5 Å². The van der Waals surface area contributed by atoms with Gasteiger partial charge in [-0.25, -0.2) is 9.18 Å². The molecule has 1 aromatic heterocycles. The minimum Gasteiger partial charge on any atom is -0.466 e. The minimum absolute atomic E-state index is 0.0538. The lowest BCUT2D eigenvalue weighted by molar-refractivity contribution is -0.00414. The monoisotopic (exact) mass is 304 g/mol. The van der Waals surface area contributed by atoms with Gasteiger partial charge in [0.15, 0.2) is 0 Å². The predicted molar refractivity (Wildman–Crippen MR) is 78.8 cm³/mol. The van der Waals surface area contributed by atoms with Gasteiger partial charge in [-0.1, -0.05) is 0 Å². The zero-order valence-electron chi connectivity index (χ0n) is 11.9. The molecular weight excluding hydrogens is 287 g/mol. The highest BCUT2D eigenvalue weighted by Gasteiger charge is 2.47. The Morgan fingerprint density at radius 1 is 1.32 bits per heavy atom. The molecule has 1 atom stereocenters. The summed E-state index contributed by atoms with van der Waals surface area (Å²) in [6, 6.07) is 8.41. The molecule has 1 saturated carbocycles. The van der Waals surface area contributed by atoms with Crippen LogP contribution in [0.3, 0.4) is 0 Å². The summed E-state index contributed by atoms with van der Waals surface area (Å²) in [7, 11) is 0. The molecule has 0 aliphatic heterocycles. The fraction of sp³-hybridized carbons (Fsp3) is 0.312. The maximum absolute atomic E-state index is 12.8. The second kappa shape index (κ2) is 5.81. The van der Waals surface area contributed by atoms with Gasteiger partial charge in [-0.15, -0.1) is 0 Å². The zero-order chi connectivity index (χ0) is 15.6. The first-order chi connectivity index (χ1) is 10.6. The first kappa shape index (κ1) is 14.6. The van der Waals surface area contributed by atoms with E-state index in [1.165, 1.54) is 30.5 Å². The van der Waals surface area contributed by atoms with E-state index >= 15 is 0 Å². The highest BCUT2D eigenvalue weighted by molar-refractivity contribution is 5.89. The van der Waals surface area contributed by atoms with Gasteiger partial charge in [0.25, 0.3) is 0 Å². The van der Waals surface area contributed by atoms with Crippen LogP contribution in [-0.4, -0.2) is 17.7 Å². The third-order valence-corrected chi connectivity index (χ3v) is 3.82. The zero-order valence-corrected chi connectivity index (χ0v) is 11.9. The quantitative estimate of drug-likeness (QED) is 0.795. The van der Waals surface area contributed by atoms with Crippen molar-refractivity contribution in [3.8, 4) is 0 Å². The predicted octanol–water partition coefficient (Wildman–Crippen LogP) is 2.84. The number of carbonyl (C=O) groups is 1. The van der Waals surface area contributed by atoms with Crippen LogP contribution < -0.4 is 10.6 Å². The first-order valence-electron chi connectivity index (χ1n) is 7.15. The number of furan rings is 1. The summed E-state index contributed by atoms with van der Waals surface area (Å²) in [6.07, 6.45) is 3.30. The van der Waals surface area contributed by atoms with E-state index in [1.54, 1.807) is 12.1 Å². The van der Waals surface area contributed by atoms with Crippen LogP contribution in [0.15, 0.2) is 47.1 Å². The van der Waals surface area contributed by atoms with Crippen molar-refractivity contribution in [1.82, 2.24) is 5.32 Å². The number of aliphatic hydroxyl groups is 1. The number of nitrogens with one attached hydrogen (secondary N) is 2. The second-order valence-electron chi connectivity index (χ2n) is 5.49. The van der Waals surface area contributed by atoms with Gasteiger partial charge in [-0.2, -0.15) is 0 Å². The smallest absolute Gasteiger partial charge is 0.319 e. The lowest BCUT2D eigenvalue weighted by Gasteiger charge is -2.26. The summed E-state index contributed by atoms with van der Waals surface area (Å²) < 4.78 is 18.1. The maximum atomic E-state index is 12.8. The number of anilines is 1. The van der Waals surface area contributed by atoms with Crippen molar-refractivity contribution in [2.75, 3.05) is 11.9 Å². The minimum atomic E-state index is -1.19. The van der Waals surface area contributed by atoms with E-state index in [0.29, 0.717) is 11.4 Å². The van der Waals surface area contributed by atoms with E-state index in [0.717, 1.165) is 12.8 Å². The van der Waals surface area contributed by atoms with Crippen LogP contribution in [0.2, 0.25) is 0 Å². The first-order valence-corrected chi connectivity index (χ1v) is 7.15. The van der Waals surface area contributed by atoms with Gasteiger partial charge in [0, 0.05) is 5.69 Å². The Morgan fingerprint density at radius 3 is 2.64 bits per heavy atom. The lowest BCUT2D eigenvalue weighted by atomic mass is 9.94. The molecule has 22 heavy (non-hydrogen) atoms. The lowest BCUT2D eigenvalue weighted by Crippen LogP contribution is -2.43. The van der Waals surface area contributed by atoms with Gasteiger partial charge in [-0.05, 0) is 55.2 Å². The van der Waals surface area contributed by atoms with Gasteiger partial charge < -0.3 is 20.2 Å². The largest absolute Gasteiger partial charge is 0.466 e. The standard InChI is InChI=1S/C16H17FN2O3/c17-12-5-7-13(8-6-12)19-15(20)18-10-16(21,11-3-4-11)14-2-1-9-22-14/h1-2,5-9,11,21H,3-4,10H2,(H2,18,19,20). The van der Waals surface area contributed by atoms with Gasteiger partial charge in [0.05, 0.1) is 12.8 Å². The third kappa shape index (κ3) is 3.12. The second-order valence-corrected chi connectivity index (χ2v) is 5.49. The third-order valence-electron chi connectivity index (χ3n) is 3.82. The number of hydrogen-bond donors (Lipinski definition) is 3. The van der Waals surface area contributed by atoms with Crippen molar-refractivity contribution in [3.05, 3.63) is 54.2 Å². The van der Waals surface area contributed by atoms with Crippen molar-refractivity contribution in [1.29, 1.82) is 0 Å². The van der Waals surface area contributed by atoms with Crippen LogP contribution >= 0.6 is 0 Å². The van der Waals surface area contributed by atoms with Crippen molar-refractivity contribution in [2.45, 2.75) is 18.4 Å². The molecule has 1 aromatic carbocycles. The number of rotatable bonds is 5. The number of amides is 2. The normalized spacial score (nSPS) is 16.8. The van der Waals surface area contributed by atoms with Crippen molar-refractivity contribution in [2.24, 2.45) is 5.92 Å². The number of hydrogen-bond acceptors (Lipinski definition) is 3. The fourth-order valence-electron chi connectivity index (χ4n) is 2.44. The van der Waals surface area contributed by atoms with Gasteiger partial charge in [0.2, 0.25) is 0 Å². The van der Waals surface area contributed by atoms with E-state index in [9.17, 15) is 14.3 Å². The molecule has 1 aliphatic rings. The number of urea groups is 1. The number of carbonyl (C=O) groups excluding carboxylic acids is 1. The van der Waals surface area contributed by atoms with Crippen molar-refractivity contribution < 1.29 is 18.7 Å². The van der Waals surface area contributed by atoms with E-state index in [-0.39, 0.29) is 18.3 Å². The molecule has 1 fully saturated rings. The van der Waals surface area contributed by atoms with Gasteiger partial charge in [-0.3, -0.25) is 0 Å². The molecule has 1 unspecified atom stereocenters. The Labute approximate surface area is 127 Å². The van der Waals surface area contributed by atoms with Crippen LogP contribution in [0.4, 0.5) is 14.9 Å². The summed E-state index contributed by atoms with van der Waals surface area (Å²) in [4.78, 5) is 11.9. The molecule has 2 aromatic rings. The fourth-order valence-corrected chi connectivity index (χ4v) is 2.44. The Balaban J connectivity index is 1.60. The van der Waals surface area contributed by atoms with Crippen LogP contribution in [0, 0.1) is 11.7 Å². The highest BCUT2D eigenvalue weighted by Crippen LogP contribution is 2.45. The molecule has 0 saturated heterocycles. The van der Waals surface area contributed by atoms with E-state index in [1.807, 2.05) is 0 Å². The van der Waals surface area contributed by atoms with E-state index in [4.69, 9.17) is 4.42 Å². The van der Waals surface area contributed by atoms with Crippen LogP contribution in [-0.2, 0) is 5.60 Å². The summed E-state index contributed by atoms with van der Waals surface area (Å²) in [5.74, 6) is 0.175. The SMILES string of the molecule is O=C(NCC(O)(c1ccco1)C1CC1)Nc1ccc(F)cc1. The maximum Gasteiger partial charge on any atom is 0.319 e. The number of halogens is 1. The van der Waals surface area contributed by atoms with Gasteiger partial charge >= 0.3 is 6.03 Å². The molecule has 6 heteroatoms. The average Bonchev–Trinajstić information content (AvgIpc) is 3.22. The molecule has 3 N–H and O–H groups in total.